The summed E-state index contributed by atoms with van der Waals surface area (Å²) in [5.41, 5.74) is 13.0. The van der Waals surface area contributed by atoms with Crippen LogP contribution in [0.3, 0.4) is 0 Å². The van der Waals surface area contributed by atoms with E-state index >= 15 is 0 Å². The summed E-state index contributed by atoms with van der Waals surface area (Å²) in [5, 5.41) is 3.92. The van der Waals surface area contributed by atoms with Crippen LogP contribution in [-0.2, 0) is 25.8 Å². The number of rotatable bonds is 6. The maximum absolute atomic E-state index is 11.7. The molecule has 1 N–H and O–H groups in total. The minimum Gasteiger partial charge on any atom is -0.323 e. The predicted octanol–water partition coefficient (Wildman–Crippen LogP) is 7.38. The van der Waals surface area contributed by atoms with E-state index in [1.54, 1.807) is 0 Å². The summed E-state index contributed by atoms with van der Waals surface area (Å²) in [5.74, 6) is 0.986. The smallest absolute Gasteiger partial charge is 0.323 e. The molecule has 2 aromatic heterocycles. The second-order valence-corrected chi connectivity index (χ2v) is 11.1. The Morgan fingerprint density at radius 1 is 0.905 bits per heavy atom. The van der Waals surface area contributed by atoms with Crippen molar-refractivity contribution in [1.82, 2.24) is 19.7 Å². The van der Waals surface area contributed by atoms with Gasteiger partial charge < -0.3 is 4.57 Å². The van der Waals surface area contributed by atoms with Gasteiger partial charge in [0.15, 0.2) is 5.82 Å². The van der Waals surface area contributed by atoms with Gasteiger partial charge in [-0.05, 0) is 94.5 Å². The van der Waals surface area contributed by atoms with E-state index < -0.39 is 5.76 Å². The van der Waals surface area contributed by atoms with Gasteiger partial charge in [0.05, 0.1) is 11.0 Å². The molecule has 6 aromatic rings. The molecule has 0 radical (unpaired) electrons. The maximum Gasteiger partial charge on any atom is 0.439 e. The Balaban J connectivity index is 1.33. The second kappa shape index (κ2) is 10.8. The van der Waals surface area contributed by atoms with Gasteiger partial charge in [-0.25, -0.2) is 9.78 Å². The van der Waals surface area contributed by atoms with Crippen LogP contribution in [0.15, 0.2) is 94.2 Å². The first-order valence-electron chi connectivity index (χ1n) is 14.6. The maximum atomic E-state index is 11.7. The molecule has 4 aromatic carbocycles. The third-order valence-electron chi connectivity index (χ3n) is 8.21. The van der Waals surface area contributed by atoms with Gasteiger partial charge in [0, 0.05) is 13.0 Å². The second-order valence-electron chi connectivity index (χ2n) is 11.1. The Bertz CT molecular complexity index is 2010. The average Bonchev–Trinajstić information content (AvgIpc) is 3.54. The molecule has 7 rings (SSSR count). The third-order valence-corrected chi connectivity index (χ3v) is 8.21. The van der Waals surface area contributed by atoms with Crippen molar-refractivity contribution in [3.8, 4) is 11.1 Å². The first-order chi connectivity index (χ1) is 20.6. The third kappa shape index (κ3) is 4.79. The molecule has 6 heteroatoms. The van der Waals surface area contributed by atoms with Crippen LogP contribution in [0.2, 0.25) is 0 Å². The number of H-pyrrole nitrogens is 1. The Morgan fingerprint density at radius 3 is 2.50 bits per heavy atom. The lowest BCUT2D eigenvalue weighted by atomic mass is 9.92. The number of hydrogen-bond donors (Lipinski definition) is 1. The van der Waals surface area contributed by atoms with Crippen molar-refractivity contribution in [2.45, 2.75) is 46.1 Å². The van der Waals surface area contributed by atoms with Gasteiger partial charge in [0.2, 0.25) is 0 Å². The van der Waals surface area contributed by atoms with Crippen molar-refractivity contribution in [2.75, 3.05) is 0 Å². The number of aromatic nitrogens is 4. The molecule has 0 unspecified atom stereocenters. The van der Waals surface area contributed by atoms with Crippen molar-refractivity contribution in [1.29, 1.82) is 0 Å². The van der Waals surface area contributed by atoms with Crippen LogP contribution < -0.4 is 5.76 Å². The quantitative estimate of drug-likeness (QED) is 0.234. The number of hydrogen-bond acceptors (Lipinski definition) is 4. The molecule has 2 heterocycles. The minimum atomic E-state index is -0.555. The normalized spacial score (nSPS) is 13.7. The Kier molecular flexibility index (Phi) is 6.67. The number of nitrogens with zero attached hydrogens (tertiary/aromatic N) is 3. The molecule has 0 saturated heterocycles. The van der Waals surface area contributed by atoms with E-state index in [0.29, 0.717) is 5.82 Å². The van der Waals surface area contributed by atoms with Gasteiger partial charge in [-0.1, -0.05) is 84.9 Å². The van der Waals surface area contributed by atoms with Crippen molar-refractivity contribution < 1.29 is 4.52 Å². The standard InChI is InChI=1S/C36H32N4O2/c1-3-9-34-38-35-23(2)18-28(25-10-5-4-6-11-25)20-32(35)40(34)22-24-14-17-30-27(19-24)16-15-26-12-7-8-13-29(26)31(30)21-33-37-36(41)42-39-33/h4-8,10-14,17-21H,3,9,15-16,22H2,1-2H3,(H,37,39,41)/b31-21+. The molecule has 0 bridgehead atoms. The monoisotopic (exact) mass is 552 g/mol. The molecular formula is C36H32N4O2. The van der Waals surface area contributed by atoms with E-state index in [0.717, 1.165) is 60.3 Å². The molecule has 1 aliphatic carbocycles. The lowest BCUT2D eigenvalue weighted by molar-refractivity contribution is 0.385. The summed E-state index contributed by atoms with van der Waals surface area (Å²) < 4.78 is 7.19. The van der Waals surface area contributed by atoms with E-state index in [9.17, 15) is 4.79 Å². The van der Waals surface area contributed by atoms with Crippen LogP contribution in [0, 0.1) is 6.92 Å². The van der Waals surface area contributed by atoms with Gasteiger partial charge in [-0.3, -0.25) is 9.51 Å². The molecule has 0 fully saturated rings. The summed E-state index contributed by atoms with van der Waals surface area (Å²) >= 11 is 0. The molecule has 6 nitrogen and oxygen atoms in total. The van der Waals surface area contributed by atoms with Crippen LogP contribution in [0.1, 0.15) is 58.4 Å². The lowest BCUT2D eigenvalue weighted by Gasteiger charge is -2.15. The van der Waals surface area contributed by atoms with Gasteiger partial charge in [-0.15, -0.1) is 0 Å². The molecule has 0 spiro atoms. The molecule has 1 aliphatic rings. The van der Waals surface area contributed by atoms with Gasteiger partial charge in [0.1, 0.15) is 5.82 Å². The van der Waals surface area contributed by atoms with Gasteiger partial charge in [0.25, 0.3) is 0 Å². The summed E-state index contributed by atoms with van der Waals surface area (Å²) in [6.07, 6.45) is 5.75. The topological polar surface area (TPSA) is 76.7 Å². The summed E-state index contributed by atoms with van der Waals surface area (Å²) in [6.45, 7) is 5.12. The molecule has 208 valence electrons. The predicted molar refractivity (Wildman–Crippen MR) is 167 cm³/mol. The van der Waals surface area contributed by atoms with Crippen molar-refractivity contribution in [3.63, 3.8) is 0 Å². The largest absolute Gasteiger partial charge is 0.439 e. The molecule has 0 aliphatic heterocycles. The molecule has 0 amide bonds. The van der Waals surface area contributed by atoms with Crippen LogP contribution in [0.5, 0.6) is 0 Å². The highest BCUT2D eigenvalue weighted by atomic mass is 16.5. The Hall–Kier alpha value is -4.97. The Morgan fingerprint density at radius 2 is 1.69 bits per heavy atom. The number of aromatic amines is 1. The number of nitrogens with one attached hydrogen (secondary N) is 1. The molecular weight excluding hydrogens is 520 g/mol. The molecule has 0 atom stereocenters. The minimum absolute atomic E-state index is 0.417. The highest BCUT2D eigenvalue weighted by Gasteiger charge is 2.20. The molecule has 42 heavy (non-hydrogen) atoms. The summed E-state index contributed by atoms with van der Waals surface area (Å²) in [6, 6.07) is 30.4. The Labute approximate surface area is 244 Å². The molecule has 0 saturated carbocycles. The number of aryl methyl sites for hydroxylation is 4. The zero-order chi connectivity index (χ0) is 28.6. The fourth-order valence-electron chi connectivity index (χ4n) is 6.24. The number of fused-ring (bicyclic) bond motifs is 3. The number of benzene rings is 4. The summed E-state index contributed by atoms with van der Waals surface area (Å²) in [7, 11) is 0. The van der Waals surface area contributed by atoms with Crippen molar-refractivity contribution in [2.24, 2.45) is 0 Å². The van der Waals surface area contributed by atoms with Crippen LogP contribution >= 0.6 is 0 Å². The fraction of sp³-hybridized carbons (Fsp3) is 0.194. The van der Waals surface area contributed by atoms with E-state index in [2.05, 4.69) is 113 Å². The van der Waals surface area contributed by atoms with Crippen LogP contribution in [0.4, 0.5) is 0 Å². The van der Waals surface area contributed by atoms with Gasteiger partial charge in [-0.2, -0.15) is 0 Å². The first-order valence-corrected chi connectivity index (χ1v) is 14.6. The van der Waals surface area contributed by atoms with E-state index in [1.165, 1.54) is 38.9 Å². The average molecular weight is 553 g/mol. The highest BCUT2D eigenvalue weighted by molar-refractivity contribution is 5.93. The summed E-state index contributed by atoms with van der Waals surface area (Å²) in [4.78, 5) is 19.5. The highest BCUT2D eigenvalue weighted by Crippen LogP contribution is 2.36. The van der Waals surface area contributed by atoms with Crippen molar-refractivity contribution >= 4 is 22.7 Å². The number of imidazole rings is 1. The fourth-order valence-corrected chi connectivity index (χ4v) is 6.24. The van der Waals surface area contributed by atoms with E-state index in [1.807, 2.05) is 6.08 Å². The zero-order valence-corrected chi connectivity index (χ0v) is 23.9. The van der Waals surface area contributed by atoms with Crippen LogP contribution in [-0.4, -0.2) is 19.7 Å². The van der Waals surface area contributed by atoms with Crippen molar-refractivity contribution in [3.05, 3.63) is 141 Å². The van der Waals surface area contributed by atoms with Gasteiger partial charge >= 0.3 is 5.76 Å². The van der Waals surface area contributed by atoms with E-state index in [-0.39, 0.29) is 0 Å². The first kappa shape index (κ1) is 26.0. The SMILES string of the molecule is CCCc1nc2c(C)cc(-c3ccccc3)cc2n1Cc1ccc2c(c1)CCc1ccccc1/C2=C\c1noc(=O)[nH]1. The van der Waals surface area contributed by atoms with Crippen LogP contribution in [0.25, 0.3) is 33.8 Å². The zero-order valence-electron chi connectivity index (χ0n) is 23.9. The van der Waals surface area contributed by atoms with E-state index in [4.69, 9.17) is 9.51 Å². The lowest BCUT2D eigenvalue weighted by Crippen LogP contribution is -2.06.